The molecule has 0 spiro atoms. The number of rotatable bonds is 5. The Morgan fingerprint density at radius 1 is 1.39 bits per heavy atom. The quantitative estimate of drug-likeness (QED) is 0.795. The molecule has 0 bridgehead atoms. The van der Waals surface area contributed by atoms with E-state index >= 15 is 0 Å². The van der Waals surface area contributed by atoms with E-state index in [4.69, 9.17) is 4.42 Å². The summed E-state index contributed by atoms with van der Waals surface area (Å²) in [7, 11) is 0. The summed E-state index contributed by atoms with van der Waals surface area (Å²) < 4.78 is 4.91. The largest absolute Gasteiger partial charge is 0.417 e. The van der Waals surface area contributed by atoms with Gasteiger partial charge in [-0.1, -0.05) is 19.8 Å². The van der Waals surface area contributed by atoms with Gasteiger partial charge in [0, 0.05) is 12.1 Å². The van der Waals surface area contributed by atoms with Crippen LogP contribution in [0, 0.1) is 0 Å². The summed E-state index contributed by atoms with van der Waals surface area (Å²) in [5, 5.41) is 2.84. The lowest BCUT2D eigenvalue weighted by atomic mass is 10.2. The van der Waals surface area contributed by atoms with Crippen LogP contribution in [0.4, 0.5) is 0 Å². The van der Waals surface area contributed by atoms with Crippen LogP contribution in [0.15, 0.2) is 27.4 Å². The molecule has 1 aromatic carbocycles. The van der Waals surface area contributed by atoms with Gasteiger partial charge in [-0.15, -0.1) is 0 Å². The first-order valence-electron chi connectivity index (χ1n) is 6.12. The molecule has 0 fully saturated rings. The van der Waals surface area contributed by atoms with Crippen LogP contribution in [0.25, 0.3) is 11.1 Å². The minimum Gasteiger partial charge on any atom is -0.408 e. The molecule has 5 heteroatoms. The molecule has 0 saturated carbocycles. The van der Waals surface area contributed by atoms with Crippen molar-refractivity contribution < 1.29 is 9.21 Å². The smallest absolute Gasteiger partial charge is 0.408 e. The van der Waals surface area contributed by atoms with Crippen molar-refractivity contribution in [3.05, 3.63) is 34.3 Å². The van der Waals surface area contributed by atoms with E-state index in [9.17, 15) is 9.59 Å². The Kier molecular flexibility index (Phi) is 3.82. The van der Waals surface area contributed by atoms with Gasteiger partial charge in [0.15, 0.2) is 5.58 Å². The fourth-order valence-electron chi connectivity index (χ4n) is 1.77. The highest BCUT2D eigenvalue weighted by atomic mass is 16.4. The maximum Gasteiger partial charge on any atom is 0.417 e. The second kappa shape index (κ2) is 5.53. The van der Waals surface area contributed by atoms with Crippen LogP contribution in [0.5, 0.6) is 0 Å². The molecule has 0 atom stereocenters. The maximum atomic E-state index is 11.8. The molecule has 18 heavy (non-hydrogen) atoms. The van der Waals surface area contributed by atoms with Crippen LogP contribution >= 0.6 is 0 Å². The number of hydrogen-bond donors (Lipinski definition) is 2. The number of aromatic nitrogens is 1. The van der Waals surface area contributed by atoms with Gasteiger partial charge in [0.25, 0.3) is 5.91 Å². The summed E-state index contributed by atoms with van der Waals surface area (Å²) in [6, 6.07) is 4.91. The first-order valence-corrected chi connectivity index (χ1v) is 6.12. The Labute approximate surface area is 104 Å². The molecule has 2 rings (SSSR count). The van der Waals surface area contributed by atoms with E-state index in [1.807, 2.05) is 0 Å². The standard InChI is InChI=1S/C13H16N2O3/c1-2-3-4-7-14-12(16)9-5-6-10-11(8-9)18-13(17)15-10/h5-6,8H,2-4,7H2,1H3,(H,14,16)(H,15,17). The summed E-state index contributed by atoms with van der Waals surface area (Å²) >= 11 is 0. The van der Waals surface area contributed by atoms with E-state index in [2.05, 4.69) is 17.2 Å². The molecule has 0 aliphatic carbocycles. The van der Waals surface area contributed by atoms with Gasteiger partial charge in [0.05, 0.1) is 5.52 Å². The zero-order chi connectivity index (χ0) is 13.0. The van der Waals surface area contributed by atoms with Crippen molar-refractivity contribution in [2.75, 3.05) is 6.54 Å². The number of oxazole rings is 1. The molecule has 0 aliphatic heterocycles. The molecule has 0 saturated heterocycles. The van der Waals surface area contributed by atoms with Gasteiger partial charge in [-0.25, -0.2) is 4.79 Å². The molecule has 5 nitrogen and oxygen atoms in total. The first kappa shape index (κ1) is 12.4. The average molecular weight is 248 g/mol. The molecular weight excluding hydrogens is 232 g/mol. The van der Waals surface area contributed by atoms with E-state index in [0.29, 0.717) is 23.2 Å². The van der Waals surface area contributed by atoms with Crippen molar-refractivity contribution >= 4 is 17.0 Å². The molecular formula is C13H16N2O3. The molecule has 1 heterocycles. The first-order chi connectivity index (χ1) is 8.70. The minimum absolute atomic E-state index is 0.142. The molecule has 0 radical (unpaired) electrons. The van der Waals surface area contributed by atoms with Crippen LogP contribution in [0.1, 0.15) is 36.5 Å². The fraction of sp³-hybridized carbons (Fsp3) is 0.385. The van der Waals surface area contributed by atoms with Crippen molar-refractivity contribution in [3.8, 4) is 0 Å². The summed E-state index contributed by atoms with van der Waals surface area (Å²) in [5.41, 5.74) is 1.51. The summed E-state index contributed by atoms with van der Waals surface area (Å²) in [4.78, 5) is 25.3. The van der Waals surface area contributed by atoms with Gasteiger partial charge < -0.3 is 9.73 Å². The fourth-order valence-corrected chi connectivity index (χ4v) is 1.77. The Balaban J connectivity index is 2.05. The van der Waals surface area contributed by atoms with Gasteiger partial charge in [-0.3, -0.25) is 9.78 Å². The third-order valence-corrected chi connectivity index (χ3v) is 2.75. The predicted molar refractivity (Wildman–Crippen MR) is 68.7 cm³/mol. The summed E-state index contributed by atoms with van der Waals surface area (Å²) in [6.45, 7) is 2.78. The normalized spacial score (nSPS) is 10.7. The van der Waals surface area contributed by atoms with Crippen LogP contribution in [-0.2, 0) is 0 Å². The monoisotopic (exact) mass is 248 g/mol. The van der Waals surface area contributed by atoms with Gasteiger partial charge in [-0.05, 0) is 24.6 Å². The molecule has 0 aliphatic rings. The SMILES string of the molecule is CCCCCNC(=O)c1ccc2[nH]c(=O)oc2c1. The lowest BCUT2D eigenvalue weighted by Gasteiger charge is -2.04. The second-order valence-corrected chi connectivity index (χ2v) is 4.19. The Bertz CT molecular complexity index is 598. The lowest BCUT2D eigenvalue weighted by molar-refractivity contribution is 0.0953. The predicted octanol–water partition coefficient (Wildman–Crippen LogP) is 2.04. The second-order valence-electron chi connectivity index (χ2n) is 4.19. The zero-order valence-electron chi connectivity index (χ0n) is 10.3. The molecule has 1 amide bonds. The number of carbonyl (C=O) groups is 1. The number of nitrogens with one attached hydrogen (secondary N) is 2. The Morgan fingerprint density at radius 3 is 3.00 bits per heavy atom. The van der Waals surface area contributed by atoms with Gasteiger partial charge in [-0.2, -0.15) is 0 Å². The number of unbranched alkanes of at least 4 members (excludes halogenated alkanes) is 2. The minimum atomic E-state index is -0.509. The number of hydrogen-bond acceptors (Lipinski definition) is 3. The van der Waals surface area contributed by atoms with E-state index in [1.165, 1.54) is 0 Å². The van der Waals surface area contributed by atoms with Gasteiger partial charge in [0.1, 0.15) is 0 Å². The van der Waals surface area contributed by atoms with Crippen molar-refractivity contribution in [2.45, 2.75) is 26.2 Å². The zero-order valence-corrected chi connectivity index (χ0v) is 10.3. The van der Waals surface area contributed by atoms with E-state index < -0.39 is 5.76 Å². The highest BCUT2D eigenvalue weighted by molar-refractivity contribution is 5.96. The van der Waals surface area contributed by atoms with Crippen molar-refractivity contribution in [2.24, 2.45) is 0 Å². The third kappa shape index (κ3) is 2.80. The third-order valence-electron chi connectivity index (χ3n) is 2.75. The molecule has 2 aromatic rings. The summed E-state index contributed by atoms with van der Waals surface area (Å²) in [5.74, 6) is -0.651. The van der Waals surface area contributed by atoms with Crippen molar-refractivity contribution in [1.82, 2.24) is 10.3 Å². The van der Waals surface area contributed by atoms with Crippen LogP contribution in [0.3, 0.4) is 0 Å². The number of carbonyl (C=O) groups excluding carboxylic acids is 1. The summed E-state index contributed by atoms with van der Waals surface area (Å²) in [6.07, 6.45) is 3.20. The number of fused-ring (bicyclic) bond motifs is 1. The maximum absolute atomic E-state index is 11.8. The highest BCUT2D eigenvalue weighted by Gasteiger charge is 2.08. The van der Waals surface area contributed by atoms with Gasteiger partial charge >= 0.3 is 5.76 Å². The van der Waals surface area contributed by atoms with Crippen LogP contribution in [0.2, 0.25) is 0 Å². The van der Waals surface area contributed by atoms with Crippen molar-refractivity contribution in [1.29, 1.82) is 0 Å². The van der Waals surface area contributed by atoms with Crippen LogP contribution in [-0.4, -0.2) is 17.4 Å². The van der Waals surface area contributed by atoms with Crippen LogP contribution < -0.4 is 11.1 Å². The van der Waals surface area contributed by atoms with E-state index in [0.717, 1.165) is 19.3 Å². The number of aromatic amines is 1. The van der Waals surface area contributed by atoms with Crippen molar-refractivity contribution in [3.63, 3.8) is 0 Å². The topological polar surface area (TPSA) is 75.1 Å². The molecule has 96 valence electrons. The number of H-pyrrole nitrogens is 1. The van der Waals surface area contributed by atoms with Gasteiger partial charge in [0.2, 0.25) is 0 Å². The Morgan fingerprint density at radius 2 is 2.22 bits per heavy atom. The number of amides is 1. The van der Waals surface area contributed by atoms with E-state index in [-0.39, 0.29) is 5.91 Å². The highest BCUT2D eigenvalue weighted by Crippen LogP contribution is 2.12. The molecule has 0 unspecified atom stereocenters. The molecule has 2 N–H and O–H groups in total. The lowest BCUT2D eigenvalue weighted by Crippen LogP contribution is -2.24. The average Bonchev–Trinajstić information content (AvgIpc) is 2.73. The van der Waals surface area contributed by atoms with E-state index in [1.54, 1.807) is 18.2 Å². The molecule has 1 aromatic heterocycles. The number of benzene rings is 1. The Hall–Kier alpha value is -2.04.